The number of nitrogens with zero attached hydrogens (tertiary/aromatic N) is 2. The second-order valence-corrected chi connectivity index (χ2v) is 13.3. The molecule has 0 fully saturated rings. The maximum Gasteiger partial charge on any atom is 0.260 e. The molecule has 0 unspecified atom stereocenters. The number of fused-ring (bicyclic) bond motifs is 8. The number of anilines is 3. The van der Waals surface area contributed by atoms with E-state index in [4.69, 9.17) is 9.47 Å². The van der Waals surface area contributed by atoms with Gasteiger partial charge in [0.05, 0.1) is 11.0 Å². The minimum absolute atomic E-state index is 0.00595. The quantitative estimate of drug-likeness (QED) is 0.177. The molecule has 0 radical (unpaired) electrons. The molecule has 0 saturated heterocycles. The molecule has 8 aromatic carbocycles. The Labute approximate surface area is 295 Å². The summed E-state index contributed by atoms with van der Waals surface area (Å²) >= 11 is 0. The lowest BCUT2D eigenvalue weighted by atomic mass is 9.35. The molecule has 0 aliphatic carbocycles. The maximum atomic E-state index is 6.73. The van der Waals surface area contributed by atoms with E-state index in [0.29, 0.717) is 0 Å². The van der Waals surface area contributed by atoms with Crippen molar-refractivity contribution in [3.63, 3.8) is 0 Å². The Kier molecular flexibility index (Phi) is 6.01. The standard InChI is InChI=1S/C46H29BN2O2/c1-3-14-32(15-4-1)48(34-23-22-30-12-7-8-13-31(30)26-34)35-24-25-36-37-28-45-39(29-41(37)49(40(36)27-35)33-16-5-2-6-17-33)47-38-18-9-10-19-42(38)50-43-20-11-21-44(51-45)46(43)47/h1-29H. The van der Waals surface area contributed by atoms with Crippen molar-refractivity contribution >= 4 is 72.7 Å². The highest BCUT2D eigenvalue weighted by Crippen LogP contribution is 2.42. The van der Waals surface area contributed by atoms with Gasteiger partial charge in [0, 0.05) is 39.0 Å². The number of aromatic nitrogens is 1. The number of para-hydroxylation sites is 3. The summed E-state index contributed by atoms with van der Waals surface area (Å²) in [6.45, 7) is -0.00595. The van der Waals surface area contributed by atoms with E-state index in [2.05, 4.69) is 167 Å². The Morgan fingerprint density at radius 2 is 1.06 bits per heavy atom. The van der Waals surface area contributed by atoms with Gasteiger partial charge in [-0.1, -0.05) is 97.1 Å². The zero-order valence-electron chi connectivity index (χ0n) is 27.5. The molecule has 4 nitrogen and oxygen atoms in total. The summed E-state index contributed by atoms with van der Waals surface area (Å²) < 4.78 is 15.5. The van der Waals surface area contributed by atoms with Gasteiger partial charge in [0.2, 0.25) is 0 Å². The summed E-state index contributed by atoms with van der Waals surface area (Å²) in [5, 5.41) is 4.75. The van der Waals surface area contributed by atoms with Crippen LogP contribution in [0.1, 0.15) is 0 Å². The molecule has 0 saturated carbocycles. The van der Waals surface area contributed by atoms with Gasteiger partial charge in [-0.2, -0.15) is 0 Å². The minimum atomic E-state index is -0.00595. The van der Waals surface area contributed by atoms with Crippen molar-refractivity contribution < 1.29 is 9.47 Å². The first kappa shape index (κ1) is 28.2. The van der Waals surface area contributed by atoms with Gasteiger partial charge in [0.25, 0.3) is 6.71 Å². The normalized spacial score (nSPS) is 12.6. The summed E-state index contributed by atoms with van der Waals surface area (Å²) in [5.74, 6) is 3.47. The van der Waals surface area contributed by atoms with E-state index >= 15 is 0 Å². The maximum absolute atomic E-state index is 6.73. The Balaban J connectivity index is 1.18. The van der Waals surface area contributed by atoms with Crippen LogP contribution in [0.3, 0.4) is 0 Å². The number of rotatable bonds is 4. The fourth-order valence-electron chi connectivity index (χ4n) is 8.21. The van der Waals surface area contributed by atoms with Gasteiger partial charge < -0.3 is 18.9 Å². The number of hydrogen-bond acceptors (Lipinski definition) is 3. The molecule has 0 N–H and O–H groups in total. The van der Waals surface area contributed by atoms with E-state index in [1.807, 2.05) is 18.2 Å². The molecule has 2 aliphatic rings. The first-order valence-electron chi connectivity index (χ1n) is 17.4. The molecule has 0 bridgehead atoms. The highest BCUT2D eigenvalue weighted by molar-refractivity contribution is 6.98. The van der Waals surface area contributed by atoms with Gasteiger partial charge in [-0.15, -0.1) is 0 Å². The zero-order chi connectivity index (χ0) is 33.5. The molecule has 0 atom stereocenters. The second-order valence-electron chi connectivity index (χ2n) is 13.3. The van der Waals surface area contributed by atoms with Crippen molar-refractivity contribution in [2.45, 2.75) is 0 Å². The lowest BCUT2D eigenvalue weighted by Gasteiger charge is -2.32. The van der Waals surface area contributed by atoms with Crippen LogP contribution in [0.2, 0.25) is 0 Å². The third kappa shape index (κ3) is 4.28. The topological polar surface area (TPSA) is 26.6 Å². The van der Waals surface area contributed by atoms with Crippen LogP contribution in [-0.2, 0) is 0 Å². The number of benzene rings is 8. The molecular formula is C46H29BN2O2. The van der Waals surface area contributed by atoms with Crippen LogP contribution in [0.4, 0.5) is 17.1 Å². The lowest BCUT2D eigenvalue weighted by molar-refractivity contribution is 0.465. The first-order chi connectivity index (χ1) is 25.3. The third-order valence-corrected chi connectivity index (χ3v) is 10.5. The average molecular weight is 653 g/mol. The monoisotopic (exact) mass is 652 g/mol. The Hall–Kier alpha value is -6.72. The van der Waals surface area contributed by atoms with Crippen LogP contribution < -0.4 is 30.8 Å². The summed E-state index contributed by atoms with van der Waals surface area (Å²) in [6.07, 6.45) is 0. The number of ether oxygens (including phenoxy) is 2. The molecule has 11 rings (SSSR count). The molecule has 238 valence electrons. The molecule has 51 heavy (non-hydrogen) atoms. The molecule has 9 aromatic rings. The Morgan fingerprint density at radius 1 is 0.412 bits per heavy atom. The molecule has 1 aromatic heterocycles. The highest BCUT2D eigenvalue weighted by atomic mass is 16.5. The van der Waals surface area contributed by atoms with E-state index in [9.17, 15) is 0 Å². The van der Waals surface area contributed by atoms with Gasteiger partial charge >= 0.3 is 0 Å². The zero-order valence-corrected chi connectivity index (χ0v) is 27.5. The Morgan fingerprint density at radius 3 is 1.90 bits per heavy atom. The molecule has 3 heterocycles. The fourth-order valence-corrected chi connectivity index (χ4v) is 8.21. The van der Waals surface area contributed by atoms with E-state index < -0.39 is 0 Å². The average Bonchev–Trinajstić information content (AvgIpc) is 3.50. The van der Waals surface area contributed by atoms with Gasteiger partial charge in [-0.05, 0) is 101 Å². The van der Waals surface area contributed by atoms with Crippen LogP contribution in [0.15, 0.2) is 176 Å². The molecule has 0 amide bonds. The second kappa shape index (κ2) is 10.9. The van der Waals surface area contributed by atoms with E-state index in [1.165, 1.54) is 16.2 Å². The van der Waals surface area contributed by atoms with Crippen LogP contribution in [0.25, 0.3) is 38.3 Å². The van der Waals surface area contributed by atoms with Crippen molar-refractivity contribution in [1.29, 1.82) is 0 Å². The van der Waals surface area contributed by atoms with Crippen molar-refractivity contribution in [2.24, 2.45) is 0 Å². The SMILES string of the molecule is c1ccc(N(c2ccc3ccccc3c2)c2ccc3c4cc5c(cc4n(-c4ccccc4)c3c2)B2c3ccccc3Oc3cccc(c32)O5)cc1. The van der Waals surface area contributed by atoms with Crippen molar-refractivity contribution in [3.05, 3.63) is 176 Å². The van der Waals surface area contributed by atoms with Crippen molar-refractivity contribution in [2.75, 3.05) is 4.90 Å². The largest absolute Gasteiger partial charge is 0.458 e. The van der Waals surface area contributed by atoms with Crippen LogP contribution in [0.5, 0.6) is 23.0 Å². The summed E-state index contributed by atoms with van der Waals surface area (Å²) in [7, 11) is 0. The summed E-state index contributed by atoms with van der Waals surface area (Å²) in [6, 6.07) is 62.5. The fraction of sp³-hybridized carbons (Fsp3) is 0. The van der Waals surface area contributed by atoms with Crippen LogP contribution in [-0.4, -0.2) is 11.3 Å². The van der Waals surface area contributed by atoms with Gasteiger partial charge in [-0.25, -0.2) is 0 Å². The smallest absolute Gasteiger partial charge is 0.260 e. The predicted octanol–water partition coefficient (Wildman–Crippen LogP) is 10.1. The van der Waals surface area contributed by atoms with E-state index in [-0.39, 0.29) is 6.71 Å². The first-order valence-corrected chi connectivity index (χ1v) is 17.4. The molecule has 2 aliphatic heterocycles. The summed E-state index contributed by atoms with van der Waals surface area (Å²) in [4.78, 5) is 2.35. The van der Waals surface area contributed by atoms with Crippen LogP contribution in [0, 0.1) is 0 Å². The number of hydrogen-bond donors (Lipinski definition) is 0. The van der Waals surface area contributed by atoms with E-state index in [1.54, 1.807) is 0 Å². The molecule has 5 heteroatoms. The Bertz CT molecular complexity index is 2830. The minimum Gasteiger partial charge on any atom is -0.458 e. The third-order valence-electron chi connectivity index (χ3n) is 10.5. The van der Waals surface area contributed by atoms with Gasteiger partial charge in [-0.3, -0.25) is 0 Å². The van der Waals surface area contributed by atoms with Gasteiger partial charge in [0.1, 0.15) is 23.0 Å². The molecule has 0 spiro atoms. The predicted molar refractivity (Wildman–Crippen MR) is 211 cm³/mol. The van der Waals surface area contributed by atoms with Crippen molar-refractivity contribution in [3.8, 4) is 28.7 Å². The van der Waals surface area contributed by atoms with E-state index in [0.717, 1.165) is 78.6 Å². The molecular weight excluding hydrogens is 623 g/mol. The summed E-state index contributed by atoms with van der Waals surface area (Å²) in [5.41, 5.74) is 10.0. The lowest BCUT2D eigenvalue weighted by Crippen LogP contribution is -2.57. The van der Waals surface area contributed by atoms with Crippen molar-refractivity contribution in [1.82, 2.24) is 4.57 Å². The highest BCUT2D eigenvalue weighted by Gasteiger charge is 2.40. The van der Waals surface area contributed by atoms with Crippen LogP contribution >= 0.6 is 0 Å². The van der Waals surface area contributed by atoms with Gasteiger partial charge in [0.15, 0.2) is 0 Å².